The van der Waals surface area contributed by atoms with Gasteiger partial charge in [0.05, 0.1) is 19.3 Å². The number of nitrogens with zero attached hydrogens (tertiary/aromatic N) is 4. The highest BCUT2D eigenvalue weighted by Gasteiger charge is 2.11. The quantitative estimate of drug-likeness (QED) is 0.428. The Morgan fingerprint density at radius 1 is 1.09 bits per heavy atom. The number of aromatic nitrogens is 4. The molecule has 4 aromatic rings. The maximum atomic E-state index is 12.8. The molecule has 0 saturated heterocycles. The van der Waals surface area contributed by atoms with Gasteiger partial charge in [0.2, 0.25) is 0 Å². The second-order valence-electron chi connectivity index (χ2n) is 8.13. The summed E-state index contributed by atoms with van der Waals surface area (Å²) in [4.78, 5) is 29.3. The molecule has 0 aliphatic rings. The average molecular weight is 446 g/mol. The van der Waals surface area contributed by atoms with E-state index in [-0.39, 0.29) is 18.1 Å². The van der Waals surface area contributed by atoms with Gasteiger partial charge in [0.15, 0.2) is 12.3 Å². The molecule has 4 rings (SSSR count). The van der Waals surface area contributed by atoms with E-state index in [0.29, 0.717) is 42.3 Å². The number of carbonyl (C=O) groups is 1. The van der Waals surface area contributed by atoms with Gasteiger partial charge in [-0.1, -0.05) is 56.3 Å². The second-order valence-corrected chi connectivity index (χ2v) is 8.13. The Morgan fingerprint density at radius 3 is 2.58 bits per heavy atom. The molecule has 0 fully saturated rings. The van der Waals surface area contributed by atoms with E-state index < -0.39 is 0 Å². The molecular formula is C25H27N5O3. The Hall–Kier alpha value is -3.94. The first-order chi connectivity index (χ1) is 16.0. The topological polar surface area (TPSA) is 91.0 Å². The van der Waals surface area contributed by atoms with Crippen molar-refractivity contribution < 1.29 is 9.53 Å². The molecule has 0 atom stereocenters. The molecular weight excluding hydrogens is 418 g/mol. The van der Waals surface area contributed by atoms with Gasteiger partial charge >= 0.3 is 0 Å². The average Bonchev–Trinajstić information content (AvgIpc) is 3.24. The van der Waals surface area contributed by atoms with Crippen LogP contribution in [0.4, 0.5) is 0 Å². The molecule has 0 spiro atoms. The van der Waals surface area contributed by atoms with Crippen LogP contribution in [0.2, 0.25) is 0 Å². The number of benzene rings is 2. The van der Waals surface area contributed by atoms with Gasteiger partial charge in [-0.05, 0) is 29.2 Å². The van der Waals surface area contributed by atoms with E-state index in [9.17, 15) is 9.59 Å². The molecule has 0 unspecified atom stereocenters. The largest absolute Gasteiger partial charge is 0.484 e. The standard InChI is InChI=1S/C25H27N5O3/c1-18(2)20-8-10-21(11-9-20)33-16-23(31)26-12-13-30-24-22(14-28-30)25(32)29(17-27-24)15-19-6-4-3-5-7-19/h3-11,14,17-18H,12-13,15-16H2,1-2H3,(H,26,31). The van der Waals surface area contributed by atoms with Gasteiger partial charge in [-0.15, -0.1) is 0 Å². The first kappa shape index (κ1) is 22.3. The van der Waals surface area contributed by atoms with Gasteiger partial charge in [0.1, 0.15) is 17.5 Å². The maximum absolute atomic E-state index is 12.8. The van der Waals surface area contributed by atoms with E-state index in [4.69, 9.17) is 4.74 Å². The minimum absolute atomic E-state index is 0.0661. The lowest BCUT2D eigenvalue weighted by atomic mass is 10.0. The lowest BCUT2D eigenvalue weighted by Gasteiger charge is -2.10. The summed E-state index contributed by atoms with van der Waals surface area (Å²) in [5.41, 5.74) is 2.60. The van der Waals surface area contributed by atoms with Crippen LogP contribution in [-0.2, 0) is 17.9 Å². The molecule has 8 heteroatoms. The lowest BCUT2D eigenvalue weighted by molar-refractivity contribution is -0.123. The lowest BCUT2D eigenvalue weighted by Crippen LogP contribution is -2.31. The smallest absolute Gasteiger partial charge is 0.264 e. The van der Waals surface area contributed by atoms with Gasteiger partial charge in [-0.3, -0.25) is 14.2 Å². The van der Waals surface area contributed by atoms with Crippen molar-refractivity contribution in [1.82, 2.24) is 24.6 Å². The molecule has 33 heavy (non-hydrogen) atoms. The van der Waals surface area contributed by atoms with Crippen LogP contribution < -0.4 is 15.6 Å². The fourth-order valence-electron chi connectivity index (χ4n) is 3.50. The second kappa shape index (κ2) is 10.1. The molecule has 0 saturated carbocycles. The molecule has 0 radical (unpaired) electrons. The number of hydrogen-bond acceptors (Lipinski definition) is 5. The molecule has 2 aromatic heterocycles. The van der Waals surface area contributed by atoms with E-state index in [1.807, 2.05) is 54.6 Å². The fourth-order valence-corrected chi connectivity index (χ4v) is 3.50. The van der Waals surface area contributed by atoms with E-state index in [0.717, 1.165) is 5.56 Å². The zero-order valence-corrected chi connectivity index (χ0v) is 18.8. The van der Waals surface area contributed by atoms with Crippen LogP contribution in [0.3, 0.4) is 0 Å². The summed E-state index contributed by atoms with van der Waals surface area (Å²) in [6.45, 7) is 5.38. The highest BCUT2D eigenvalue weighted by atomic mass is 16.5. The van der Waals surface area contributed by atoms with E-state index in [2.05, 4.69) is 29.2 Å². The van der Waals surface area contributed by atoms with Crippen LogP contribution >= 0.6 is 0 Å². The molecule has 0 aliphatic carbocycles. The Bertz CT molecular complexity index is 1280. The third kappa shape index (κ3) is 5.46. The monoisotopic (exact) mass is 445 g/mol. The fraction of sp³-hybridized carbons (Fsp3) is 0.280. The number of rotatable bonds is 9. The summed E-state index contributed by atoms with van der Waals surface area (Å²) in [6.07, 6.45) is 3.06. The number of fused-ring (bicyclic) bond motifs is 1. The van der Waals surface area contributed by atoms with Gasteiger partial charge in [-0.2, -0.15) is 5.10 Å². The van der Waals surface area contributed by atoms with Crippen molar-refractivity contribution in [3.05, 3.63) is 88.6 Å². The number of nitrogens with one attached hydrogen (secondary N) is 1. The van der Waals surface area contributed by atoms with Crippen molar-refractivity contribution in [2.45, 2.75) is 32.9 Å². The molecule has 2 aromatic carbocycles. The predicted molar refractivity (Wildman–Crippen MR) is 126 cm³/mol. The van der Waals surface area contributed by atoms with Crippen LogP contribution in [-0.4, -0.2) is 38.4 Å². The molecule has 1 N–H and O–H groups in total. The normalized spacial score (nSPS) is 11.1. The van der Waals surface area contributed by atoms with Crippen LogP contribution in [0.5, 0.6) is 5.75 Å². The Kier molecular flexibility index (Phi) is 6.83. The summed E-state index contributed by atoms with van der Waals surface area (Å²) in [5.74, 6) is 0.878. The third-order valence-corrected chi connectivity index (χ3v) is 5.38. The Labute approximate surface area is 191 Å². The van der Waals surface area contributed by atoms with Crippen LogP contribution in [0, 0.1) is 0 Å². The predicted octanol–water partition coefficient (Wildman–Crippen LogP) is 2.96. The highest BCUT2D eigenvalue weighted by molar-refractivity contribution is 5.77. The summed E-state index contributed by atoms with van der Waals surface area (Å²) in [5, 5.41) is 7.54. The third-order valence-electron chi connectivity index (χ3n) is 5.38. The number of hydrogen-bond donors (Lipinski definition) is 1. The van der Waals surface area contributed by atoms with Gasteiger partial charge in [0.25, 0.3) is 11.5 Å². The van der Waals surface area contributed by atoms with Crippen LogP contribution in [0.25, 0.3) is 11.0 Å². The molecule has 170 valence electrons. The van der Waals surface area contributed by atoms with Crippen molar-refractivity contribution in [2.24, 2.45) is 0 Å². The molecule has 8 nitrogen and oxygen atoms in total. The van der Waals surface area contributed by atoms with Crippen molar-refractivity contribution in [1.29, 1.82) is 0 Å². The minimum atomic E-state index is -0.224. The van der Waals surface area contributed by atoms with Crippen LogP contribution in [0.1, 0.15) is 30.9 Å². The van der Waals surface area contributed by atoms with Crippen LogP contribution in [0.15, 0.2) is 71.9 Å². The van der Waals surface area contributed by atoms with Gasteiger partial charge in [-0.25, -0.2) is 9.67 Å². The van der Waals surface area contributed by atoms with Crippen molar-refractivity contribution in [3.63, 3.8) is 0 Å². The van der Waals surface area contributed by atoms with Crippen molar-refractivity contribution in [2.75, 3.05) is 13.2 Å². The summed E-state index contributed by atoms with van der Waals surface area (Å²) >= 11 is 0. The Morgan fingerprint density at radius 2 is 1.85 bits per heavy atom. The van der Waals surface area contributed by atoms with Crippen molar-refractivity contribution >= 4 is 16.9 Å². The van der Waals surface area contributed by atoms with E-state index in [1.165, 1.54) is 18.1 Å². The number of carbonyl (C=O) groups excluding carboxylic acids is 1. The first-order valence-corrected chi connectivity index (χ1v) is 11.0. The first-order valence-electron chi connectivity index (χ1n) is 11.0. The number of amides is 1. The maximum Gasteiger partial charge on any atom is 0.264 e. The summed E-state index contributed by atoms with van der Waals surface area (Å²) in [7, 11) is 0. The molecule has 0 aliphatic heterocycles. The molecule has 0 bridgehead atoms. The SMILES string of the molecule is CC(C)c1ccc(OCC(=O)NCCn2ncc3c(=O)n(Cc4ccccc4)cnc32)cc1. The minimum Gasteiger partial charge on any atom is -0.484 e. The highest BCUT2D eigenvalue weighted by Crippen LogP contribution is 2.18. The zero-order chi connectivity index (χ0) is 23.2. The molecule has 2 heterocycles. The molecule has 1 amide bonds. The van der Waals surface area contributed by atoms with E-state index >= 15 is 0 Å². The summed E-state index contributed by atoms with van der Waals surface area (Å²) in [6, 6.07) is 17.5. The summed E-state index contributed by atoms with van der Waals surface area (Å²) < 4.78 is 8.73. The van der Waals surface area contributed by atoms with Gasteiger partial charge < -0.3 is 10.1 Å². The van der Waals surface area contributed by atoms with Crippen molar-refractivity contribution in [3.8, 4) is 5.75 Å². The Balaban J connectivity index is 1.30. The number of ether oxygens (including phenoxy) is 1. The zero-order valence-electron chi connectivity index (χ0n) is 18.8. The van der Waals surface area contributed by atoms with Gasteiger partial charge in [0, 0.05) is 6.54 Å². The van der Waals surface area contributed by atoms with E-state index in [1.54, 1.807) is 9.25 Å².